The van der Waals surface area contributed by atoms with Gasteiger partial charge in [0.25, 0.3) is 0 Å². The fourth-order valence-electron chi connectivity index (χ4n) is 5.76. The molecule has 2 aliphatic rings. The van der Waals surface area contributed by atoms with Gasteiger partial charge in [0.1, 0.15) is 5.75 Å². The molecule has 1 saturated heterocycles. The van der Waals surface area contributed by atoms with E-state index >= 15 is 0 Å². The van der Waals surface area contributed by atoms with E-state index in [0.717, 1.165) is 42.6 Å². The number of aromatic nitrogens is 2. The number of hydrogen-bond acceptors (Lipinski definition) is 6. The van der Waals surface area contributed by atoms with E-state index < -0.39 is 0 Å². The molecule has 2 aromatic carbocycles. The molecule has 1 N–H and O–H groups in total. The second-order valence-electron chi connectivity index (χ2n) is 10.4. The molecule has 1 aliphatic heterocycles. The molecule has 200 valence electrons. The summed E-state index contributed by atoms with van der Waals surface area (Å²) in [6.07, 6.45) is 6.05. The molecule has 5 rings (SSSR count). The quantitative estimate of drug-likeness (QED) is 0.525. The standard InChI is InChI=1S/C30H36N4O4/c1-37-24-13-9-12-22(16-24)18-28(35)34-15-8-3-2-7-14-31-29(36)25-19-23(20-26(25)34)30-32-27(33-38-30)17-21-10-5-4-6-11-21/h4-6,9-13,16,23,25-26H,2-3,7-8,14-15,17-20H2,1H3,(H,31,36). The van der Waals surface area contributed by atoms with E-state index in [4.69, 9.17) is 14.2 Å². The predicted octanol–water partition coefficient (Wildman–Crippen LogP) is 4.29. The summed E-state index contributed by atoms with van der Waals surface area (Å²) >= 11 is 0. The van der Waals surface area contributed by atoms with Gasteiger partial charge in [0.15, 0.2) is 5.82 Å². The first-order valence-electron chi connectivity index (χ1n) is 13.7. The lowest BCUT2D eigenvalue weighted by Gasteiger charge is -2.33. The molecule has 2 fully saturated rings. The lowest BCUT2D eigenvalue weighted by molar-refractivity contribution is -0.136. The van der Waals surface area contributed by atoms with Crippen molar-refractivity contribution in [1.82, 2.24) is 20.4 Å². The fourth-order valence-corrected chi connectivity index (χ4v) is 5.76. The van der Waals surface area contributed by atoms with Crippen LogP contribution in [0.1, 0.15) is 67.3 Å². The minimum atomic E-state index is -0.308. The van der Waals surface area contributed by atoms with Crippen LogP contribution < -0.4 is 10.1 Å². The number of rotatable bonds is 6. The average molecular weight is 517 g/mol. The third kappa shape index (κ3) is 6.23. The van der Waals surface area contributed by atoms with Gasteiger partial charge in [0.2, 0.25) is 17.7 Å². The molecule has 0 radical (unpaired) electrons. The number of fused-ring (bicyclic) bond motifs is 1. The normalized spacial score (nSPS) is 22.3. The van der Waals surface area contributed by atoms with Crippen LogP contribution in [0.4, 0.5) is 0 Å². The van der Waals surface area contributed by atoms with Crippen LogP contribution in [-0.4, -0.2) is 53.1 Å². The Labute approximate surface area is 223 Å². The van der Waals surface area contributed by atoms with E-state index in [0.29, 0.717) is 44.1 Å². The Balaban J connectivity index is 1.36. The monoisotopic (exact) mass is 516 g/mol. The summed E-state index contributed by atoms with van der Waals surface area (Å²) in [5.41, 5.74) is 2.02. The van der Waals surface area contributed by atoms with Crippen molar-refractivity contribution in [2.75, 3.05) is 20.2 Å². The number of nitrogens with one attached hydrogen (secondary N) is 1. The summed E-state index contributed by atoms with van der Waals surface area (Å²) in [7, 11) is 1.62. The molecule has 0 spiro atoms. The first-order valence-corrected chi connectivity index (χ1v) is 13.7. The molecule has 8 nitrogen and oxygen atoms in total. The zero-order chi connectivity index (χ0) is 26.3. The van der Waals surface area contributed by atoms with Crippen LogP contribution in [-0.2, 0) is 22.4 Å². The molecular weight excluding hydrogens is 480 g/mol. The number of ether oxygens (including phenoxy) is 1. The average Bonchev–Trinajstić information content (AvgIpc) is 3.57. The zero-order valence-corrected chi connectivity index (χ0v) is 22.0. The summed E-state index contributed by atoms with van der Waals surface area (Å²) in [6, 6.07) is 17.5. The van der Waals surface area contributed by atoms with Crippen LogP contribution >= 0.6 is 0 Å². The van der Waals surface area contributed by atoms with E-state index in [1.165, 1.54) is 0 Å². The summed E-state index contributed by atoms with van der Waals surface area (Å²) in [5, 5.41) is 7.34. The third-order valence-electron chi connectivity index (χ3n) is 7.74. The highest BCUT2D eigenvalue weighted by Crippen LogP contribution is 2.41. The van der Waals surface area contributed by atoms with E-state index in [-0.39, 0.29) is 36.1 Å². The Kier molecular flexibility index (Phi) is 8.36. The number of hydrogen-bond donors (Lipinski definition) is 1. The number of nitrogens with zero attached hydrogens (tertiary/aromatic N) is 3. The lowest BCUT2D eigenvalue weighted by atomic mass is 9.99. The van der Waals surface area contributed by atoms with Crippen molar-refractivity contribution >= 4 is 11.8 Å². The highest BCUT2D eigenvalue weighted by atomic mass is 16.5. The number of methoxy groups -OCH3 is 1. The second kappa shape index (κ2) is 12.2. The third-order valence-corrected chi connectivity index (χ3v) is 7.74. The first-order chi connectivity index (χ1) is 18.6. The maximum absolute atomic E-state index is 13.7. The van der Waals surface area contributed by atoms with Gasteiger partial charge in [-0.1, -0.05) is 60.5 Å². The van der Waals surface area contributed by atoms with Crippen LogP contribution in [0.25, 0.3) is 0 Å². The van der Waals surface area contributed by atoms with Gasteiger partial charge < -0.3 is 19.5 Å². The number of amides is 2. The topological polar surface area (TPSA) is 97.6 Å². The number of carbonyl (C=O) groups excluding carboxylic acids is 2. The van der Waals surface area contributed by atoms with Crippen molar-refractivity contribution in [2.45, 2.75) is 63.3 Å². The van der Waals surface area contributed by atoms with Gasteiger partial charge in [-0.05, 0) is 48.9 Å². The Bertz CT molecular complexity index is 1230. The molecule has 1 saturated carbocycles. The number of carbonyl (C=O) groups is 2. The lowest BCUT2D eigenvalue weighted by Crippen LogP contribution is -2.47. The van der Waals surface area contributed by atoms with Crippen LogP contribution in [0.3, 0.4) is 0 Å². The summed E-state index contributed by atoms with van der Waals surface area (Å²) in [6.45, 7) is 1.32. The van der Waals surface area contributed by atoms with E-state index in [2.05, 4.69) is 10.5 Å². The van der Waals surface area contributed by atoms with Crippen LogP contribution in [0, 0.1) is 5.92 Å². The van der Waals surface area contributed by atoms with Crippen molar-refractivity contribution in [3.63, 3.8) is 0 Å². The summed E-state index contributed by atoms with van der Waals surface area (Å²) < 4.78 is 11.0. The van der Waals surface area contributed by atoms with Gasteiger partial charge in [-0.15, -0.1) is 0 Å². The van der Waals surface area contributed by atoms with Crippen molar-refractivity contribution in [3.05, 3.63) is 77.4 Å². The van der Waals surface area contributed by atoms with Gasteiger partial charge in [-0.2, -0.15) is 4.98 Å². The predicted molar refractivity (Wildman–Crippen MR) is 143 cm³/mol. The minimum Gasteiger partial charge on any atom is -0.497 e. The van der Waals surface area contributed by atoms with Crippen molar-refractivity contribution in [3.8, 4) is 5.75 Å². The van der Waals surface area contributed by atoms with Gasteiger partial charge in [0.05, 0.1) is 19.4 Å². The molecule has 38 heavy (non-hydrogen) atoms. The molecule has 0 bridgehead atoms. The molecule has 3 atom stereocenters. The van der Waals surface area contributed by atoms with E-state index in [1.807, 2.05) is 59.5 Å². The van der Waals surface area contributed by atoms with Gasteiger partial charge in [0, 0.05) is 31.5 Å². The SMILES string of the molecule is COc1cccc(CC(=O)N2CCCCCCNC(=O)C3CC(c4nc(Cc5ccccc5)no4)CC32)c1. The molecule has 3 unspecified atom stereocenters. The molecule has 2 amide bonds. The van der Waals surface area contributed by atoms with Crippen LogP contribution in [0.5, 0.6) is 5.75 Å². The maximum atomic E-state index is 13.7. The number of benzene rings is 2. The molecule has 2 heterocycles. The Hall–Kier alpha value is -3.68. The van der Waals surface area contributed by atoms with E-state index in [1.54, 1.807) is 7.11 Å². The molecular formula is C30H36N4O4. The Morgan fingerprint density at radius 2 is 1.87 bits per heavy atom. The fraction of sp³-hybridized carbons (Fsp3) is 0.467. The molecule has 8 heteroatoms. The highest BCUT2D eigenvalue weighted by molar-refractivity contribution is 5.83. The molecule has 1 aromatic heterocycles. The van der Waals surface area contributed by atoms with Crippen molar-refractivity contribution < 1.29 is 18.8 Å². The van der Waals surface area contributed by atoms with Gasteiger partial charge in [-0.3, -0.25) is 9.59 Å². The van der Waals surface area contributed by atoms with Crippen molar-refractivity contribution in [2.24, 2.45) is 5.92 Å². The molecule has 3 aromatic rings. The Morgan fingerprint density at radius 3 is 2.71 bits per heavy atom. The van der Waals surface area contributed by atoms with Gasteiger partial charge >= 0.3 is 0 Å². The highest BCUT2D eigenvalue weighted by Gasteiger charge is 2.45. The minimum absolute atomic E-state index is 0.0163. The zero-order valence-electron chi connectivity index (χ0n) is 22.0. The molecule has 1 aliphatic carbocycles. The van der Waals surface area contributed by atoms with Gasteiger partial charge in [-0.25, -0.2) is 0 Å². The van der Waals surface area contributed by atoms with Crippen molar-refractivity contribution in [1.29, 1.82) is 0 Å². The second-order valence-corrected chi connectivity index (χ2v) is 10.4. The largest absolute Gasteiger partial charge is 0.497 e. The maximum Gasteiger partial charge on any atom is 0.229 e. The van der Waals surface area contributed by atoms with E-state index in [9.17, 15) is 9.59 Å². The Morgan fingerprint density at radius 1 is 1.05 bits per heavy atom. The van der Waals surface area contributed by atoms with Crippen LogP contribution in [0.15, 0.2) is 59.1 Å². The summed E-state index contributed by atoms with van der Waals surface area (Å²) in [4.78, 5) is 33.7. The smallest absolute Gasteiger partial charge is 0.229 e. The summed E-state index contributed by atoms with van der Waals surface area (Å²) in [5.74, 6) is 1.60. The van der Waals surface area contributed by atoms with Crippen LogP contribution in [0.2, 0.25) is 0 Å². The first kappa shape index (κ1) is 25.9.